The average molecular weight is 387 g/mol. The Bertz CT molecular complexity index is 753. The number of nitrogens with one attached hydrogen (secondary N) is 2. The van der Waals surface area contributed by atoms with Crippen LogP contribution in [0, 0.1) is 0 Å². The monoisotopic (exact) mass is 386 g/mol. The maximum absolute atomic E-state index is 10.4. The molecule has 0 bridgehead atoms. The minimum Gasteiger partial charge on any atom is -0.386 e. The maximum atomic E-state index is 10.4. The van der Waals surface area contributed by atoms with Crippen LogP contribution in [0.25, 0.3) is 0 Å². The number of halogens is 1. The zero-order valence-corrected chi connectivity index (χ0v) is 16.4. The summed E-state index contributed by atoms with van der Waals surface area (Å²) in [6, 6.07) is 18.1. The van der Waals surface area contributed by atoms with Crippen molar-refractivity contribution in [1.29, 1.82) is 0 Å². The second-order valence-electron chi connectivity index (χ2n) is 6.67. The molecule has 1 aliphatic heterocycles. The third-order valence-electron chi connectivity index (χ3n) is 4.68. The van der Waals surface area contributed by atoms with Crippen LogP contribution < -0.4 is 15.5 Å². The van der Waals surface area contributed by atoms with Gasteiger partial charge in [-0.25, -0.2) is 0 Å². The van der Waals surface area contributed by atoms with Crippen LogP contribution in [-0.4, -0.2) is 43.3 Å². The molecule has 1 fully saturated rings. The summed E-state index contributed by atoms with van der Waals surface area (Å²) in [5, 5.41) is 17.7. The van der Waals surface area contributed by atoms with Gasteiger partial charge in [-0.15, -0.1) is 0 Å². The Morgan fingerprint density at radius 3 is 2.70 bits per heavy atom. The van der Waals surface area contributed by atoms with Gasteiger partial charge in [0.05, 0.1) is 6.54 Å². The number of rotatable bonds is 6. The van der Waals surface area contributed by atoms with Gasteiger partial charge in [0, 0.05) is 41.9 Å². The van der Waals surface area contributed by atoms with E-state index in [-0.39, 0.29) is 6.54 Å². The van der Waals surface area contributed by atoms with Gasteiger partial charge in [0.1, 0.15) is 6.10 Å². The van der Waals surface area contributed by atoms with Crippen molar-refractivity contribution in [3.05, 3.63) is 65.2 Å². The number of aliphatic hydroxyl groups excluding tert-OH is 1. The largest absolute Gasteiger partial charge is 0.386 e. The molecule has 3 N–H and O–H groups in total. The third kappa shape index (κ3) is 5.37. The lowest BCUT2D eigenvalue weighted by Gasteiger charge is -2.20. The second kappa shape index (κ2) is 9.62. The molecule has 2 unspecified atom stereocenters. The number of hydrogen-bond acceptors (Lipinski definition) is 3. The molecule has 1 heterocycles. The van der Waals surface area contributed by atoms with E-state index in [1.807, 2.05) is 31.2 Å². The summed E-state index contributed by atoms with van der Waals surface area (Å²) in [6.07, 6.45) is 0.324. The van der Waals surface area contributed by atoms with E-state index in [0.717, 1.165) is 32.0 Å². The minimum absolute atomic E-state index is 0.258. The number of aliphatic imine (C=N–C) groups is 1. The lowest BCUT2D eigenvalue weighted by atomic mass is 10.1. The fourth-order valence-electron chi connectivity index (χ4n) is 3.29. The number of guanidine groups is 1. The van der Waals surface area contributed by atoms with E-state index in [4.69, 9.17) is 11.6 Å². The number of para-hydroxylation sites is 1. The molecule has 2 aromatic rings. The van der Waals surface area contributed by atoms with Gasteiger partial charge < -0.3 is 20.6 Å². The number of aliphatic hydroxyl groups is 1. The van der Waals surface area contributed by atoms with Gasteiger partial charge >= 0.3 is 0 Å². The van der Waals surface area contributed by atoms with Gasteiger partial charge in [-0.3, -0.25) is 4.99 Å². The Balaban J connectivity index is 1.59. The molecule has 0 spiro atoms. The maximum Gasteiger partial charge on any atom is 0.191 e. The summed E-state index contributed by atoms with van der Waals surface area (Å²) in [6.45, 7) is 5.01. The first-order valence-corrected chi connectivity index (χ1v) is 9.82. The molecular formula is C21H27ClN4O. The molecule has 144 valence electrons. The Morgan fingerprint density at radius 2 is 1.96 bits per heavy atom. The molecular weight excluding hydrogens is 360 g/mol. The molecule has 6 heteroatoms. The van der Waals surface area contributed by atoms with Crippen molar-refractivity contribution >= 4 is 23.2 Å². The molecule has 0 saturated carbocycles. The number of anilines is 1. The summed E-state index contributed by atoms with van der Waals surface area (Å²) in [4.78, 5) is 6.93. The smallest absolute Gasteiger partial charge is 0.191 e. The number of benzene rings is 2. The first-order valence-electron chi connectivity index (χ1n) is 9.44. The van der Waals surface area contributed by atoms with Crippen molar-refractivity contribution in [2.45, 2.75) is 25.5 Å². The first kappa shape index (κ1) is 19.5. The van der Waals surface area contributed by atoms with Crippen LogP contribution in [0.2, 0.25) is 5.02 Å². The van der Waals surface area contributed by atoms with Gasteiger partial charge in [-0.05, 0) is 31.5 Å². The van der Waals surface area contributed by atoms with Crippen molar-refractivity contribution < 1.29 is 5.11 Å². The summed E-state index contributed by atoms with van der Waals surface area (Å²) in [5.74, 6) is 0.725. The van der Waals surface area contributed by atoms with Crippen LogP contribution in [0.5, 0.6) is 0 Å². The predicted octanol–water partition coefficient (Wildman–Crippen LogP) is 3.21. The molecule has 5 nitrogen and oxygen atoms in total. The molecule has 2 atom stereocenters. The first-order chi connectivity index (χ1) is 13.2. The van der Waals surface area contributed by atoms with E-state index in [1.54, 1.807) is 6.07 Å². The minimum atomic E-state index is -0.724. The standard InChI is InChI=1S/C21H27ClN4O/c1-2-23-21(24-14-20(27)18-10-6-7-11-19(18)22)25-16-12-13-26(15-16)17-8-4-3-5-9-17/h3-11,16,20,27H,2,12-15H2,1H3,(H2,23,24,25). The molecule has 1 saturated heterocycles. The average Bonchev–Trinajstić information content (AvgIpc) is 3.16. The van der Waals surface area contributed by atoms with Crippen LogP contribution in [0.4, 0.5) is 5.69 Å². The molecule has 2 aromatic carbocycles. The van der Waals surface area contributed by atoms with Gasteiger partial charge in [-0.2, -0.15) is 0 Å². The molecule has 0 amide bonds. The quantitative estimate of drug-likeness (QED) is 0.527. The Morgan fingerprint density at radius 1 is 1.22 bits per heavy atom. The van der Waals surface area contributed by atoms with Crippen LogP contribution in [-0.2, 0) is 0 Å². The van der Waals surface area contributed by atoms with Crippen LogP contribution in [0.3, 0.4) is 0 Å². The predicted molar refractivity (Wildman–Crippen MR) is 113 cm³/mol. The fourth-order valence-corrected chi connectivity index (χ4v) is 3.55. The van der Waals surface area contributed by atoms with E-state index >= 15 is 0 Å². The SMILES string of the molecule is CCNC(=NCC(O)c1ccccc1Cl)NC1CCN(c2ccccc2)C1. The number of hydrogen-bond donors (Lipinski definition) is 3. The van der Waals surface area contributed by atoms with E-state index in [1.165, 1.54) is 5.69 Å². The van der Waals surface area contributed by atoms with Crippen LogP contribution in [0.15, 0.2) is 59.6 Å². The number of nitrogens with zero attached hydrogens (tertiary/aromatic N) is 2. The van der Waals surface area contributed by atoms with Crippen molar-refractivity contribution in [2.75, 3.05) is 31.1 Å². The zero-order valence-electron chi connectivity index (χ0n) is 15.6. The Labute approximate surface area is 166 Å². The highest BCUT2D eigenvalue weighted by atomic mass is 35.5. The molecule has 27 heavy (non-hydrogen) atoms. The van der Waals surface area contributed by atoms with Crippen molar-refractivity contribution in [1.82, 2.24) is 10.6 Å². The highest BCUT2D eigenvalue weighted by Crippen LogP contribution is 2.23. The van der Waals surface area contributed by atoms with Crippen molar-refractivity contribution in [2.24, 2.45) is 4.99 Å². The highest BCUT2D eigenvalue weighted by molar-refractivity contribution is 6.31. The molecule has 0 aromatic heterocycles. The van der Waals surface area contributed by atoms with E-state index in [2.05, 4.69) is 44.8 Å². The summed E-state index contributed by atoms with van der Waals surface area (Å²) in [5.41, 5.74) is 1.95. The highest BCUT2D eigenvalue weighted by Gasteiger charge is 2.23. The van der Waals surface area contributed by atoms with Crippen LogP contribution >= 0.6 is 11.6 Å². The van der Waals surface area contributed by atoms with Crippen LogP contribution in [0.1, 0.15) is 25.0 Å². The van der Waals surface area contributed by atoms with E-state index in [9.17, 15) is 5.11 Å². The lowest BCUT2D eigenvalue weighted by molar-refractivity contribution is 0.187. The molecule has 0 radical (unpaired) electrons. The van der Waals surface area contributed by atoms with Gasteiger partial charge in [0.2, 0.25) is 0 Å². The van der Waals surface area contributed by atoms with Crippen molar-refractivity contribution in [3.63, 3.8) is 0 Å². The van der Waals surface area contributed by atoms with Gasteiger partial charge in [-0.1, -0.05) is 48.0 Å². The molecule has 3 rings (SSSR count). The summed E-state index contributed by atoms with van der Waals surface area (Å²) >= 11 is 6.16. The van der Waals surface area contributed by atoms with Gasteiger partial charge in [0.15, 0.2) is 5.96 Å². The van der Waals surface area contributed by atoms with Gasteiger partial charge in [0.25, 0.3) is 0 Å². The Hall–Kier alpha value is -2.24. The summed E-state index contributed by atoms with van der Waals surface area (Å²) < 4.78 is 0. The molecule has 0 aliphatic carbocycles. The Kier molecular flexibility index (Phi) is 6.96. The molecule has 1 aliphatic rings. The normalized spacial score (nSPS) is 18.4. The fraction of sp³-hybridized carbons (Fsp3) is 0.381. The topological polar surface area (TPSA) is 59.9 Å². The van der Waals surface area contributed by atoms with E-state index in [0.29, 0.717) is 16.6 Å². The zero-order chi connectivity index (χ0) is 19.1. The third-order valence-corrected chi connectivity index (χ3v) is 5.03. The van der Waals surface area contributed by atoms with Crippen molar-refractivity contribution in [3.8, 4) is 0 Å². The summed E-state index contributed by atoms with van der Waals surface area (Å²) in [7, 11) is 0. The van der Waals surface area contributed by atoms with E-state index < -0.39 is 6.10 Å². The second-order valence-corrected chi connectivity index (χ2v) is 7.08. The lowest BCUT2D eigenvalue weighted by Crippen LogP contribution is -2.44.